The fraction of sp³-hybridized carbons (Fsp3) is 0.333. The molecule has 3 rings (SSSR count). The fourth-order valence-corrected chi connectivity index (χ4v) is 2.84. The molecule has 9 nitrogen and oxygen atoms in total. The third kappa shape index (κ3) is 8.31. The van der Waals surface area contributed by atoms with Crippen LogP contribution in [0.5, 0.6) is 5.75 Å². The van der Waals surface area contributed by atoms with Crippen molar-refractivity contribution in [1.29, 1.82) is 5.41 Å². The lowest BCUT2D eigenvalue weighted by atomic mass is 10.2. The number of halogens is 3. The maximum atomic E-state index is 12.2. The highest BCUT2D eigenvalue weighted by Crippen LogP contribution is 2.17. The van der Waals surface area contributed by atoms with Crippen molar-refractivity contribution < 1.29 is 32.6 Å². The number of ether oxygens (including phenoxy) is 1. The molecule has 12 heteroatoms. The summed E-state index contributed by atoms with van der Waals surface area (Å²) < 4.78 is 37.3. The van der Waals surface area contributed by atoms with Crippen LogP contribution in [0.2, 0.25) is 0 Å². The van der Waals surface area contributed by atoms with Crippen molar-refractivity contribution in [3.05, 3.63) is 53.7 Å². The molecular formula is C21H24F3N5O4. The van der Waals surface area contributed by atoms with E-state index in [2.05, 4.69) is 15.2 Å². The molecule has 2 heterocycles. The Labute approximate surface area is 187 Å². The van der Waals surface area contributed by atoms with E-state index in [1.807, 2.05) is 6.07 Å². The number of carbonyl (C=O) groups is 2. The molecule has 0 aliphatic carbocycles. The summed E-state index contributed by atoms with van der Waals surface area (Å²) in [5.41, 5.74) is 6.59. The van der Waals surface area contributed by atoms with Crippen LogP contribution in [-0.4, -0.2) is 60.2 Å². The number of benzene rings is 1. The molecule has 1 aliphatic rings. The number of anilines is 1. The van der Waals surface area contributed by atoms with E-state index in [1.54, 1.807) is 36.5 Å². The number of hydrogen-bond donors (Lipinski definition) is 4. The molecule has 1 aromatic heterocycles. The van der Waals surface area contributed by atoms with E-state index >= 15 is 0 Å². The van der Waals surface area contributed by atoms with E-state index in [-0.39, 0.29) is 11.7 Å². The molecule has 2 aromatic rings. The van der Waals surface area contributed by atoms with Crippen molar-refractivity contribution in [2.75, 3.05) is 31.1 Å². The summed E-state index contributed by atoms with van der Waals surface area (Å²) in [7, 11) is 0. The summed E-state index contributed by atoms with van der Waals surface area (Å²) in [6.07, 6.45) is -1.08. The smallest absolute Gasteiger partial charge is 0.490 e. The summed E-state index contributed by atoms with van der Waals surface area (Å²) in [6.45, 7) is 2.75. The van der Waals surface area contributed by atoms with Gasteiger partial charge in [0.1, 0.15) is 24.0 Å². The minimum Gasteiger partial charge on any atom is -0.492 e. The van der Waals surface area contributed by atoms with Crippen molar-refractivity contribution in [3.63, 3.8) is 0 Å². The zero-order valence-electron chi connectivity index (χ0n) is 17.6. The highest BCUT2D eigenvalue weighted by molar-refractivity contribution is 5.95. The first-order valence-electron chi connectivity index (χ1n) is 9.94. The second-order valence-corrected chi connectivity index (χ2v) is 6.95. The van der Waals surface area contributed by atoms with Crippen LogP contribution >= 0.6 is 0 Å². The van der Waals surface area contributed by atoms with Gasteiger partial charge in [0.15, 0.2) is 0 Å². The quantitative estimate of drug-likeness (QED) is 0.278. The fourth-order valence-electron chi connectivity index (χ4n) is 2.84. The summed E-state index contributed by atoms with van der Waals surface area (Å²) in [4.78, 5) is 27.7. The number of aliphatic carboxylic acids is 1. The molecule has 33 heavy (non-hydrogen) atoms. The van der Waals surface area contributed by atoms with E-state index in [0.717, 1.165) is 18.9 Å². The van der Waals surface area contributed by atoms with Crippen LogP contribution in [-0.2, 0) is 4.79 Å². The first-order chi connectivity index (χ1) is 15.6. The molecule has 0 spiro atoms. The molecule has 5 N–H and O–H groups in total. The predicted octanol–water partition coefficient (Wildman–Crippen LogP) is 2.41. The number of aromatic nitrogens is 1. The molecule has 0 saturated carbocycles. The van der Waals surface area contributed by atoms with Gasteiger partial charge >= 0.3 is 12.1 Å². The van der Waals surface area contributed by atoms with E-state index < -0.39 is 12.1 Å². The number of hydrogen-bond acceptors (Lipinski definition) is 6. The zero-order chi connectivity index (χ0) is 24.4. The summed E-state index contributed by atoms with van der Waals surface area (Å²) >= 11 is 0. The zero-order valence-corrected chi connectivity index (χ0v) is 17.6. The van der Waals surface area contributed by atoms with Crippen LogP contribution in [0.3, 0.4) is 0 Å². The number of nitrogen functional groups attached to an aromatic ring is 1. The van der Waals surface area contributed by atoms with Gasteiger partial charge in [-0.25, -0.2) is 9.78 Å². The number of alkyl halides is 3. The van der Waals surface area contributed by atoms with E-state index in [4.69, 9.17) is 25.8 Å². The number of amides is 1. The van der Waals surface area contributed by atoms with Gasteiger partial charge in [-0.1, -0.05) is 12.1 Å². The lowest BCUT2D eigenvalue weighted by molar-refractivity contribution is -0.192. The third-order valence-electron chi connectivity index (χ3n) is 4.48. The molecule has 1 aliphatic heterocycles. The number of carboxylic acids is 1. The van der Waals surface area contributed by atoms with Crippen LogP contribution in [0, 0.1) is 5.41 Å². The summed E-state index contributed by atoms with van der Waals surface area (Å²) in [6, 6.07) is 10.7. The Morgan fingerprint density at radius 3 is 2.39 bits per heavy atom. The molecular weight excluding hydrogens is 443 g/mol. The van der Waals surface area contributed by atoms with Gasteiger partial charge in [0.2, 0.25) is 0 Å². The van der Waals surface area contributed by atoms with E-state index in [9.17, 15) is 18.0 Å². The molecule has 1 aromatic carbocycles. The van der Waals surface area contributed by atoms with Crippen LogP contribution < -0.4 is 20.7 Å². The monoisotopic (exact) mass is 467 g/mol. The van der Waals surface area contributed by atoms with Crippen LogP contribution in [0.25, 0.3) is 0 Å². The molecule has 0 unspecified atom stereocenters. The maximum absolute atomic E-state index is 12.2. The van der Waals surface area contributed by atoms with Gasteiger partial charge in [-0.2, -0.15) is 13.2 Å². The molecule has 0 radical (unpaired) electrons. The van der Waals surface area contributed by atoms with Crippen molar-refractivity contribution in [3.8, 4) is 5.75 Å². The number of amidine groups is 1. The number of pyridine rings is 1. The van der Waals surface area contributed by atoms with Crippen molar-refractivity contribution in [1.82, 2.24) is 10.3 Å². The SMILES string of the molecule is N=C(N)c1cccc(OCCNC(=O)c2ccc(N3CCCC3)nc2)c1.O=C(O)C(F)(F)F. The van der Waals surface area contributed by atoms with Crippen molar-refractivity contribution in [2.24, 2.45) is 5.73 Å². The van der Waals surface area contributed by atoms with Crippen LogP contribution in [0.1, 0.15) is 28.8 Å². The largest absolute Gasteiger partial charge is 0.492 e. The Bertz CT molecular complexity index is 961. The van der Waals surface area contributed by atoms with Gasteiger partial charge in [-0.15, -0.1) is 0 Å². The molecule has 0 atom stereocenters. The van der Waals surface area contributed by atoms with Gasteiger partial charge < -0.3 is 25.8 Å². The van der Waals surface area contributed by atoms with Gasteiger partial charge in [-0.05, 0) is 37.1 Å². The lowest BCUT2D eigenvalue weighted by Gasteiger charge is -2.16. The van der Waals surface area contributed by atoms with Crippen LogP contribution in [0.15, 0.2) is 42.6 Å². The Morgan fingerprint density at radius 2 is 1.85 bits per heavy atom. The molecule has 178 valence electrons. The highest BCUT2D eigenvalue weighted by atomic mass is 19.4. The van der Waals surface area contributed by atoms with E-state index in [1.165, 1.54) is 12.8 Å². The first kappa shape index (κ1) is 25.4. The molecule has 0 bridgehead atoms. The topological polar surface area (TPSA) is 142 Å². The maximum Gasteiger partial charge on any atom is 0.490 e. The second kappa shape index (κ2) is 11.7. The number of rotatable bonds is 7. The number of carboxylic acid groups (broad SMARTS) is 1. The average molecular weight is 467 g/mol. The Hall–Kier alpha value is -3.83. The standard InChI is InChI=1S/C19H23N5O2.C2HF3O2/c20-18(21)14-4-3-5-16(12-14)26-11-8-22-19(25)15-6-7-17(23-13-15)24-9-1-2-10-24;3-2(4,5)1(6)7/h3-7,12-13H,1-2,8-11H2,(H3,20,21)(H,22,25);(H,6,7). The Balaban J connectivity index is 0.000000479. The third-order valence-corrected chi connectivity index (χ3v) is 4.48. The highest BCUT2D eigenvalue weighted by Gasteiger charge is 2.38. The summed E-state index contributed by atoms with van der Waals surface area (Å²) in [5, 5.41) is 17.4. The Morgan fingerprint density at radius 1 is 1.18 bits per heavy atom. The molecule has 1 fully saturated rings. The predicted molar refractivity (Wildman–Crippen MR) is 115 cm³/mol. The number of nitrogens with two attached hydrogens (primary N) is 1. The van der Waals surface area contributed by atoms with Crippen molar-refractivity contribution >= 4 is 23.5 Å². The van der Waals surface area contributed by atoms with Crippen molar-refractivity contribution in [2.45, 2.75) is 19.0 Å². The van der Waals surface area contributed by atoms with E-state index in [0.29, 0.717) is 30.0 Å². The number of nitrogens with zero attached hydrogens (tertiary/aromatic N) is 2. The second-order valence-electron chi connectivity index (χ2n) is 6.95. The van der Waals surface area contributed by atoms with Gasteiger partial charge in [-0.3, -0.25) is 10.2 Å². The van der Waals surface area contributed by atoms with Crippen LogP contribution in [0.4, 0.5) is 19.0 Å². The average Bonchev–Trinajstić information content (AvgIpc) is 3.31. The minimum atomic E-state index is -5.08. The number of nitrogens with one attached hydrogen (secondary N) is 2. The van der Waals surface area contributed by atoms with Gasteiger partial charge in [0.25, 0.3) is 5.91 Å². The van der Waals surface area contributed by atoms with Gasteiger partial charge in [0.05, 0.1) is 12.1 Å². The number of carbonyl (C=O) groups excluding carboxylic acids is 1. The Kier molecular flexibility index (Phi) is 9.01. The minimum absolute atomic E-state index is 0.00590. The molecule has 1 saturated heterocycles. The lowest BCUT2D eigenvalue weighted by Crippen LogP contribution is -2.28. The summed E-state index contributed by atoms with van der Waals surface area (Å²) in [5.74, 6) is -1.40. The molecule has 1 amide bonds. The normalized spacial score (nSPS) is 13.0. The first-order valence-corrected chi connectivity index (χ1v) is 9.94. The van der Waals surface area contributed by atoms with Gasteiger partial charge in [0, 0.05) is 24.8 Å².